The Labute approximate surface area is 128 Å². The maximum atomic E-state index is 9.32. The molecule has 112 valence electrons. The minimum absolute atomic E-state index is 0.0577. The third-order valence-corrected chi connectivity index (χ3v) is 3.87. The van der Waals surface area contributed by atoms with Gasteiger partial charge >= 0.3 is 0 Å². The number of aliphatic hydroxyl groups is 1. The van der Waals surface area contributed by atoms with Crippen LogP contribution in [0.5, 0.6) is 0 Å². The van der Waals surface area contributed by atoms with E-state index in [4.69, 9.17) is 10.9 Å². The van der Waals surface area contributed by atoms with Crippen LogP contribution in [-0.2, 0) is 0 Å². The zero-order valence-electron chi connectivity index (χ0n) is 11.9. The maximum absolute atomic E-state index is 9.32. The van der Waals surface area contributed by atoms with Crippen molar-refractivity contribution in [1.29, 1.82) is 0 Å². The maximum Gasteiger partial charge on any atom is 0.172 e. The molecule has 1 aromatic rings. The molecule has 0 aliphatic rings. The van der Waals surface area contributed by atoms with E-state index in [1.54, 1.807) is 0 Å². The number of hydrogen-bond donors (Lipinski definition) is 3. The van der Waals surface area contributed by atoms with Gasteiger partial charge in [-0.1, -0.05) is 34.9 Å². The quantitative estimate of drug-likeness (QED) is 0.307. The van der Waals surface area contributed by atoms with Crippen LogP contribution in [0.25, 0.3) is 0 Å². The number of nitrogens with zero attached hydrogens (tertiary/aromatic N) is 2. The smallest absolute Gasteiger partial charge is 0.172 e. The monoisotopic (exact) mass is 343 g/mol. The SMILES string of the molecule is CCC(CC)N(CCO)c1ccc(Br)cc1/C(N)=N/O. The van der Waals surface area contributed by atoms with Crippen molar-refractivity contribution in [3.63, 3.8) is 0 Å². The number of nitrogens with two attached hydrogens (primary N) is 1. The highest BCUT2D eigenvalue weighted by atomic mass is 79.9. The minimum atomic E-state index is 0.0577. The summed E-state index contributed by atoms with van der Waals surface area (Å²) in [7, 11) is 0. The summed E-state index contributed by atoms with van der Waals surface area (Å²) in [5, 5.41) is 21.4. The summed E-state index contributed by atoms with van der Waals surface area (Å²) in [5.74, 6) is 0.0650. The third kappa shape index (κ3) is 3.86. The summed E-state index contributed by atoms with van der Waals surface area (Å²) in [5.41, 5.74) is 7.29. The van der Waals surface area contributed by atoms with E-state index in [9.17, 15) is 5.11 Å². The topological polar surface area (TPSA) is 82.1 Å². The average molecular weight is 344 g/mol. The molecule has 0 radical (unpaired) electrons. The standard InChI is InChI=1S/C14H22BrN3O2/c1-3-11(4-2)18(7-8-19)13-6-5-10(15)9-12(13)14(16)17-20/h5-6,9,11,19-20H,3-4,7-8H2,1-2H3,(H2,16,17). The summed E-state index contributed by atoms with van der Waals surface area (Å²) in [6.07, 6.45) is 1.92. The van der Waals surface area contributed by atoms with Gasteiger partial charge in [0.25, 0.3) is 0 Å². The van der Waals surface area contributed by atoms with Crippen LogP contribution in [0.1, 0.15) is 32.3 Å². The lowest BCUT2D eigenvalue weighted by Crippen LogP contribution is -2.38. The largest absolute Gasteiger partial charge is 0.409 e. The van der Waals surface area contributed by atoms with Crippen LogP contribution in [0.2, 0.25) is 0 Å². The fourth-order valence-corrected chi connectivity index (χ4v) is 2.72. The van der Waals surface area contributed by atoms with Crippen molar-refractivity contribution >= 4 is 27.5 Å². The minimum Gasteiger partial charge on any atom is -0.409 e. The molecule has 0 saturated carbocycles. The van der Waals surface area contributed by atoms with Gasteiger partial charge in [0.05, 0.1) is 6.61 Å². The molecular formula is C14H22BrN3O2. The lowest BCUT2D eigenvalue weighted by atomic mass is 10.1. The predicted molar refractivity (Wildman–Crippen MR) is 85.5 cm³/mol. The number of aliphatic hydroxyl groups excluding tert-OH is 1. The molecule has 1 aromatic carbocycles. The van der Waals surface area contributed by atoms with Crippen LogP contribution in [0.4, 0.5) is 5.69 Å². The van der Waals surface area contributed by atoms with Crippen LogP contribution in [0, 0.1) is 0 Å². The van der Waals surface area contributed by atoms with E-state index in [2.05, 4.69) is 39.8 Å². The van der Waals surface area contributed by atoms with Gasteiger partial charge in [-0.2, -0.15) is 0 Å². The van der Waals surface area contributed by atoms with Gasteiger partial charge in [-0.05, 0) is 31.0 Å². The van der Waals surface area contributed by atoms with Crippen LogP contribution in [-0.4, -0.2) is 35.3 Å². The van der Waals surface area contributed by atoms with Gasteiger partial charge in [0.15, 0.2) is 5.84 Å². The number of anilines is 1. The first-order valence-corrected chi connectivity index (χ1v) is 7.53. The number of hydrogen-bond acceptors (Lipinski definition) is 4. The van der Waals surface area contributed by atoms with Crippen molar-refractivity contribution < 1.29 is 10.3 Å². The fraction of sp³-hybridized carbons (Fsp3) is 0.500. The highest BCUT2D eigenvalue weighted by Crippen LogP contribution is 2.27. The first-order valence-electron chi connectivity index (χ1n) is 6.73. The van der Waals surface area contributed by atoms with Crippen molar-refractivity contribution in [1.82, 2.24) is 0 Å². The normalized spacial score (nSPS) is 11.9. The molecule has 6 heteroatoms. The molecule has 0 fully saturated rings. The molecular weight excluding hydrogens is 322 g/mol. The summed E-state index contributed by atoms with van der Waals surface area (Å²) in [4.78, 5) is 2.11. The van der Waals surface area contributed by atoms with Crippen molar-refractivity contribution in [2.75, 3.05) is 18.1 Å². The average Bonchev–Trinajstić information content (AvgIpc) is 2.46. The third-order valence-electron chi connectivity index (χ3n) is 3.38. The number of rotatable bonds is 7. The Bertz CT molecular complexity index is 462. The fourth-order valence-electron chi connectivity index (χ4n) is 2.35. The van der Waals surface area contributed by atoms with Crippen LogP contribution in [0.3, 0.4) is 0 Å². The highest BCUT2D eigenvalue weighted by molar-refractivity contribution is 9.10. The van der Waals surface area contributed by atoms with Gasteiger partial charge in [-0.15, -0.1) is 0 Å². The Morgan fingerprint density at radius 2 is 2.05 bits per heavy atom. The second-order valence-corrected chi connectivity index (χ2v) is 5.45. The van der Waals surface area contributed by atoms with Gasteiger partial charge in [0.2, 0.25) is 0 Å². The lowest BCUT2D eigenvalue weighted by Gasteiger charge is -2.33. The van der Waals surface area contributed by atoms with E-state index < -0.39 is 0 Å². The Morgan fingerprint density at radius 3 is 2.55 bits per heavy atom. The molecule has 0 bridgehead atoms. The summed E-state index contributed by atoms with van der Waals surface area (Å²) >= 11 is 3.39. The molecule has 0 atom stereocenters. The molecule has 0 aromatic heterocycles. The van der Waals surface area contributed by atoms with E-state index >= 15 is 0 Å². The highest BCUT2D eigenvalue weighted by Gasteiger charge is 2.20. The Kier molecular flexibility index (Phi) is 6.81. The second-order valence-electron chi connectivity index (χ2n) is 4.53. The van der Waals surface area contributed by atoms with Gasteiger partial charge < -0.3 is 20.9 Å². The zero-order chi connectivity index (χ0) is 15.1. The number of amidine groups is 1. The summed E-state index contributed by atoms with van der Waals surface area (Å²) in [6, 6.07) is 5.95. The molecule has 4 N–H and O–H groups in total. The van der Waals surface area contributed by atoms with Crippen molar-refractivity contribution in [3.05, 3.63) is 28.2 Å². The van der Waals surface area contributed by atoms with E-state index in [1.165, 1.54) is 0 Å². The Hall–Kier alpha value is -1.27. The van der Waals surface area contributed by atoms with Crippen molar-refractivity contribution in [3.8, 4) is 0 Å². The van der Waals surface area contributed by atoms with Gasteiger partial charge in [-0.25, -0.2) is 0 Å². The van der Waals surface area contributed by atoms with Crippen LogP contribution >= 0.6 is 15.9 Å². The van der Waals surface area contributed by atoms with Gasteiger partial charge in [0.1, 0.15) is 0 Å². The predicted octanol–water partition coefficient (Wildman–Crippen LogP) is 2.53. The molecule has 0 spiro atoms. The molecule has 1 rings (SSSR count). The molecule has 0 heterocycles. The molecule has 0 amide bonds. The van der Waals surface area contributed by atoms with Crippen molar-refractivity contribution in [2.24, 2.45) is 10.9 Å². The lowest BCUT2D eigenvalue weighted by molar-refractivity contribution is 0.296. The summed E-state index contributed by atoms with van der Waals surface area (Å²) < 4.78 is 0.858. The molecule has 5 nitrogen and oxygen atoms in total. The molecule has 0 aliphatic carbocycles. The first kappa shape index (κ1) is 16.8. The molecule has 20 heavy (non-hydrogen) atoms. The summed E-state index contributed by atoms with van der Waals surface area (Å²) in [6.45, 7) is 4.79. The Balaban J connectivity index is 3.32. The van der Waals surface area contributed by atoms with E-state index in [0.29, 0.717) is 18.2 Å². The molecule has 0 saturated heterocycles. The number of oxime groups is 1. The van der Waals surface area contributed by atoms with E-state index in [1.807, 2.05) is 18.2 Å². The number of benzene rings is 1. The number of halogens is 1. The van der Waals surface area contributed by atoms with E-state index in [0.717, 1.165) is 23.0 Å². The van der Waals surface area contributed by atoms with Gasteiger partial charge in [-0.3, -0.25) is 0 Å². The first-order chi connectivity index (χ1) is 9.58. The van der Waals surface area contributed by atoms with Gasteiger partial charge in [0, 0.05) is 28.3 Å². The Morgan fingerprint density at radius 1 is 1.40 bits per heavy atom. The zero-order valence-corrected chi connectivity index (χ0v) is 13.5. The van der Waals surface area contributed by atoms with E-state index in [-0.39, 0.29) is 12.4 Å². The van der Waals surface area contributed by atoms with Crippen LogP contribution in [0.15, 0.2) is 27.8 Å². The molecule has 0 unspecified atom stereocenters. The van der Waals surface area contributed by atoms with Crippen molar-refractivity contribution in [2.45, 2.75) is 32.7 Å². The molecule has 0 aliphatic heterocycles. The second kappa shape index (κ2) is 8.11. The van der Waals surface area contributed by atoms with Crippen LogP contribution < -0.4 is 10.6 Å².